The third kappa shape index (κ3) is 1.49. The molecule has 17 heavy (non-hydrogen) atoms. The SMILES string of the molecule is NC1(c2cc3ccc(Br)cc3n2C2CC2)CC1. The van der Waals surface area contributed by atoms with Crippen molar-refractivity contribution < 1.29 is 0 Å². The number of halogens is 1. The van der Waals surface area contributed by atoms with Gasteiger partial charge in [0.05, 0.1) is 5.54 Å². The molecule has 0 atom stereocenters. The molecular formula is C14H15BrN2. The zero-order chi connectivity index (χ0) is 11.6. The van der Waals surface area contributed by atoms with Gasteiger partial charge >= 0.3 is 0 Å². The fraction of sp³-hybridized carbons (Fsp3) is 0.429. The van der Waals surface area contributed by atoms with Gasteiger partial charge in [-0.3, -0.25) is 0 Å². The van der Waals surface area contributed by atoms with E-state index in [4.69, 9.17) is 5.73 Å². The number of rotatable bonds is 2. The van der Waals surface area contributed by atoms with E-state index in [2.05, 4.69) is 44.8 Å². The number of benzene rings is 1. The van der Waals surface area contributed by atoms with Crippen molar-refractivity contribution in [2.45, 2.75) is 37.3 Å². The van der Waals surface area contributed by atoms with Crippen LogP contribution in [0.25, 0.3) is 10.9 Å². The van der Waals surface area contributed by atoms with Crippen LogP contribution in [0.2, 0.25) is 0 Å². The van der Waals surface area contributed by atoms with Crippen LogP contribution in [-0.4, -0.2) is 4.57 Å². The molecule has 2 N–H and O–H groups in total. The fourth-order valence-electron chi connectivity index (χ4n) is 2.69. The summed E-state index contributed by atoms with van der Waals surface area (Å²) < 4.78 is 3.64. The normalized spacial score (nSPS) is 22.0. The highest BCUT2D eigenvalue weighted by Gasteiger charge is 2.44. The van der Waals surface area contributed by atoms with E-state index in [-0.39, 0.29) is 5.54 Å². The van der Waals surface area contributed by atoms with Gasteiger partial charge in [0.25, 0.3) is 0 Å². The topological polar surface area (TPSA) is 30.9 Å². The van der Waals surface area contributed by atoms with Crippen LogP contribution in [0.5, 0.6) is 0 Å². The summed E-state index contributed by atoms with van der Waals surface area (Å²) in [6.07, 6.45) is 4.88. The highest BCUT2D eigenvalue weighted by molar-refractivity contribution is 9.10. The Morgan fingerprint density at radius 2 is 2.00 bits per heavy atom. The fourth-order valence-corrected chi connectivity index (χ4v) is 3.04. The molecule has 88 valence electrons. The maximum absolute atomic E-state index is 6.40. The van der Waals surface area contributed by atoms with E-state index >= 15 is 0 Å². The molecular weight excluding hydrogens is 276 g/mol. The summed E-state index contributed by atoms with van der Waals surface area (Å²) in [6, 6.07) is 9.51. The average molecular weight is 291 g/mol. The summed E-state index contributed by atoms with van der Waals surface area (Å²) in [5, 5.41) is 1.33. The molecule has 4 rings (SSSR count). The van der Waals surface area contributed by atoms with Gasteiger partial charge in [-0.2, -0.15) is 0 Å². The van der Waals surface area contributed by atoms with E-state index in [1.54, 1.807) is 0 Å². The van der Waals surface area contributed by atoms with Crippen molar-refractivity contribution in [1.82, 2.24) is 4.57 Å². The maximum Gasteiger partial charge on any atom is 0.0565 e. The third-order valence-electron chi connectivity index (χ3n) is 4.01. The molecule has 0 aliphatic heterocycles. The van der Waals surface area contributed by atoms with Crippen molar-refractivity contribution >= 4 is 26.8 Å². The third-order valence-corrected chi connectivity index (χ3v) is 4.51. The molecule has 1 aromatic heterocycles. The molecule has 0 spiro atoms. The first kappa shape index (κ1) is 10.2. The molecule has 1 heterocycles. The molecule has 3 heteroatoms. The standard InChI is InChI=1S/C14H15BrN2/c15-10-2-1-9-7-13(14(16)5-6-14)17(11-3-4-11)12(9)8-10/h1-2,7-8,11H,3-6,16H2. The lowest BCUT2D eigenvalue weighted by Crippen LogP contribution is -2.22. The summed E-state index contributed by atoms with van der Waals surface area (Å²) in [5.74, 6) is 0. The average Bonchev–Trinajstić information content (AvgIpc) is 3.21. The van der Waals surface area contributed by atoms with Gasteiger partial charge in [-0.05, 0) is 43.9 Å². The van der Waals surface area contributed by atoms with Crippen LogP contribution in [0.3, 0.4) is 0 Å². The molecule has 0 radical (unpaired) electrons. The number of aromatic nitrogens is 1. The van der Waals surface area contributed by atoms with Crippen molar-refractivity contribution in [3.05, 3.63) is 34.4 Å². The van der Waals surface area contributed by atoms with Crippen LogP contribution in [0.4, 0.5) is 0 Å². The Labute approximate surface area is 109 Å². The van der Waals surface area contributed by atoms with Gasteiger partial charge in [0.15, 0.2) is 0 Å². The van der Waals surface area contributed by atoms with Crippen LogP contribution in [0, 0.1) is 0 Å². The lowest BCUT2D eigenvalue weighted by molar-refractivity contribution is 0.621. The molecule has 0 saturated heterocycles. The smallest absolute Gasteiger partial charge is 0.0565 e. The first-order valence-corrected chi connectivity index (χ1v) is 7.07. The van der Waals surface area contributed by atoms with Crippen LogP contribution < -0.4 is 5.73 Å². The molecule has 1 aromatic carbocycles. The highest BCUT2D eigenvalue weighted by Crippen LogP contribution is 2.49. The number of nitrogens with zero attached hydrogens (tertiary/aromatic N) is 1. The first-order valence-electron chi connectivity index (χ1n) is 6.27. The van der Waals surface area contributed by atoms with Gasteiger partial charge in [-0.25, -0.2) is 0 Å². The largest absolute Gasteiger partial charge is 0.340 e. The monoisotopic (exact) mass is 290 g/mol. The number of fused-ring (bicyclic) bond motifs is 1. The Hall–Kier alpha value is -0.800. The van der Waals surface area contributed by atoms with E-state index in [1.807, 2.05) is 0 Å². The van der Waals surface area contributed by atoms with Gasteiger partial charge in [-0.1, -0.05) is 22.0 Å². The van der Waals surface area contributed by atoms with E-state index in [0.717, 1.165) is 17.3 Å². The summed E-state index contributed by atoms with van der Waals surface area (Å²) in [5.41, 5.74) is 9.07. The second kappa shape index (κ2) is 3.15. The van der Waals surface area contributed by atoms with Crippen LogP contribution in [-0.2, 0) is 5.54 Å². The van der Waals surface area contributed by atoms with Crippen LogP contribution >= 0.6 is 15.9 Å². The Kier molecular flexibility index (Phi) is 1.88. The van der Waals surface area contributed by atoms with Crippen molar-refractivity contribution in [2.75, 3.05) is 0 Å². The first-order chi connectivity index (χ1) is 8.17. The van der Waals surface area contributed by atoms with E-state index in [1.165, 1.54) is 29.4 Å². The van der Waals surface area contributed by atoms with Crippen molar-refractivity contribution in [3.8, 4) is 0 Å². The zero-order valence-corrected chi connectivity index (χ0v) is 11.2. The molecule has 0 unspecified atom stereocenters. The summed E-state index contributed by atoms with van der Waals surface area (Å²) in [6.45, 7) is 0. The predicted molar refractivity (Wildman–Crippen MR) is 73.0 cm³/mol. The summed E-state index contributed by atoms with van der Waals surface area (Å²) in [7, 11) is 0. The van der Waals surface area contributed by atoms with Gasteiger partial charge in [0.2, 0.25) is 0 Å². The minimum absolute atomic E-state index is 0.0336. The van der Waals surface area contributed by atoms with E-state index in [9.17, 15) is 0 Å². The van der Waals surface area contributed by atoms with Crippen molar-refractivity contribution in [3.63, 3.8) is 0 Å². The molecule has 2 aliphatic rings. The Morgan fingerprint density at radius 1 is 1.24 bits per heavy atom. The molecule has 2 saturated carbocycles. The van der Waals surface area contributed by atoms with Crippen molar-refractivity contribution in [1.29, 1.82) is 0 Å². The van der Waals surface area contributed by atoms with Crippen LogP contribution in [0.15, 0.2) is 28.7 Å². The number of hydrogen-bond donors (Lipinski definition) is 1. The van der Waals surface area contributed by atoms with Gasteiger partial charge in [0, 0.05) is 27.1 Å². The molecule has 2 aromatic rings. The Bertz CT molecular complexity index is 606. The quantitative estimate of drug-likeness (QED) is 0.899. The Morgan fingerprint density at radius 3 is 2.65 bits per heavy atom. The summed E-state index contributed by atoms with van der Waals surface area (Å²) >= 11 is 3.57. The van der Waals surface area contributed by atoms with Gasteiger partial charge < -0.3 is 10.3 Å². The number of hydrogen-bond acceptors (Lipinski definition) is 1. The lowest BCUT2D eigenvalue weighted by atomic mass is 10.2. The van der Waals surface area contributed by atoms with E-state index in [0.29, 0.717) is 6.04 Å². The van der Waals surface area contributed by atoms with Gasteiger partial charge in [0.1, 0.15) is 0 Å². The van der Waals surface area contributed by atoms with Gasteiger partial charge in [-0.15, -0.1) is 0 Å². The maximum atomic E-state index is 6.40. The predicted octanol–water partition coefficient (Wildman–Crippen LogP) is 3.69. The van der Waals surface area contributed by atoms with Crippen LogP contribution in [0.1, 0.15) is 37.4 Å². The zero-order valence-electron chi connectivity index (χ0n) is 9.62. The minimum atomic E-state index is -0.0336. The van der Waals surface area contributed by atoms with E-state index < -0.39 is 0 Å². The lowest BCUT2D eigenvalue weighted by Gasteiger charge is -2.14. The molecule has 2 nitrogen and oxygen atoms in total. The number of nitrogens with two attached hydrogens (primary N) is 1. The highest BCUT2D eigenvalue weighted by atomic mass is 79.9. The molecule has 2 aliphatic carbocycles. The second-order valence-electron chi connectivity index (χ2n) is 5.49. The minimum Gasteiger partial charge on any atom is -0.340 e. The Balaban J connectivity index is 2.02. The summed E-state index contributed by atoms with van der Waals surface area (Å²) in [4.78, 5) is 0. The molecule has 2 fully saturated rings. The second-order valence-corrected chi connectivity index (χ2v) is 6.41. The molecule has 0 amide bonds. The molecule has 0 bridgehead atoms. The van der Waals surface area contributed by atoms with Crippen molar-refractivity contribution in [2.24, 2.45) is 5.73 Å².